The topological polar surface area (TPSA) is 53.1 Å². The molecule has 3 nitrogen and oxygen atoms in total. The Bertz CT molecular complexity index is 519. The molecule has 0 saturated heterocycles. The monoisotopic (exact) mass is 269 g/mol. The third-order valence-electron chi connectivity index (χ3n) is 1.80. The van der Waals surface area contributed by atoms with E-state index in [-0.39, 0.29) is 11.4 Å². The van der Waals surface area contributed by atoms with Gasteiger partial charge in [-0.2, -0.15) is 0 Å². The van der Waals surface area contributed by atoms with Crippen LogP contribution in [0.15, 0.2) is 33.5 Å². The molecule has 0 atom stereocenters. The Hall–Kier alpha value is -1.29. The maximum atomic E-state index is 11.0. The fraction of sp³-hybridized carbons (Fsp3) is 0.182. The molecular formula is C11H12BrNO2. The van der Waals surface area contributed by atoms with E-state index in [9.17, 15) is 9.90 Å². The van der Waals surface area contributed by atoms with Gasteiger partial charge >= 0.3 is 0 Å². The van der Waals surface area contributed by atoms with Crippen LogP contribution < -0.4 is 5.56 Å². The molecule has 0 radical (unpaired) electrons. The number of aromatic hydroxyl groups is 1. The molecule has 0 aliphatic rings. The van der Waals surface area contributed by atoms with Crippen LogP contribution in [0.4, 0.5) is 0 Å². The second kappa shape index (κ2) is 4.98. The highest BCUT2D eigenvalue weighted by Crippen LogP contribution is 2.23. The van der Waals surface area contributed by atoms with E-state index in [1.807, 2.05) is 13.8 Å². The van der Waals surface area contributed by atoms with E-state index in [4.69, 9.17) is 0 Å². The molecule has 0 amide bonds. The van der Waals surface area contributed by atoms with Crippen molar-refractivity contribution in [3.63, 3.8) is 0 Å². The van der Waals surface area contributed by atoms with Gasteiger partial charge in [-0.05, 0) is 23.6 Å². The fourth-order valence-electron chi connectivity index (χ4n) is 1.23. The second-order valence-electron chi connectivity index (χ2n) is 2.71. The minimum atomic E-state index is -0.303. The second-order valence-corrected chi connectivity index (χ2v) is 3.63. The molecule has 2 N–H and O–H groups in total. The highest BCUT2D eigenvalue weighted by atomic mass is 79.9. The van der Waals surface area contributed by atoms with Crippen LogP contribution in [0.3, 0.4) is 0 Å². The third-order valence-corrected chi connectivity index (χ3v) is 2.29. The predicted molar refractivity (Wildman–Crippen MR) is 65.3 cm³/mol. The Balaban J connectivity index is 0.000000531. The lowest BCUT2D eigenvalue weighted by Gasteiger charge is -1.99. The summed E-state index contributed by atoms with van der Waals surface area (Å²) in [5, 5.41) is 10.7. The van der Waals surface area contributed by atoms with E-state index < -0.39 is 0 Å². The highest BCUT2D eigenvalue weighted by Gasteiger charge is 2.01. The van der Waals surface area contributed by atoms with Gasteiger partial charge in [-0.3, -0.25) is 9.78 Å². The first kappa shape index (κ1) is 11.8. The van der Waals surface area contributed by atoms with Crippen molar-refractivity contribution < 1.29 is 5.11 Å². The number of pyridine rings is 1. The SMILES string of the molecule is CC.O=c1cc2cc(Br)ccc2c(O)[nH]1. The van der Waals surface area contributed by atoms with E-state index >= 15 is 0 Å². The first-order valence-corrected chi connectivity index (χ1v) is 5.48. The summed E-state index contributed by atoms with van der Waals surface area (Å²) in [7, 11) is 0. The minimum Gasteiger partial charge on any atom is -0.494 e. The van der Waals surface area contributed by atoms with Crippen LogP contribution in [0.25, 0.3) is 10.8 Å². The van der Waals surface area contributed by atoms with Gasteiger partial charge in [0.25, 0.3) is 5.56 Å². The van der Waals surface area contributed by atoms with E-state index in [2.05, 4.69) is 20.9 Å². The number of benzene rings is 1. The summed E-state index contributed by atoms with van der Waals surface area (Å²) >= 11 is 3.29. The number of hydrogen-bond acceptors (Lipinski definition) is 2. The number of aromatic nitrogens is 1. The summed E-state index contributed by atoms with van der Waals surface area (Å²) in [6.45, 7) is 4.00. The summed E-state index contributed by atoms with van der Waals surface area (Å²) in [6, 6.07) is 6.77. The van der Waals surface area contributed by atoms with Gasteiger partial charge in [0.2, 0.25) is 0 Å². The van der Waals surface area contributed by atoms with Gasteiger partial charge in [0, 0.05) is 15.9 Å². The van der Waals surface area contributed by atoms with E-state index in [1.165, 1.54) is 6.07 Å². The van der Waals surface area contributed by atoms with Crippen molar-refractivity contribution in [1.29, 1.82) is 0 Å². The van der Waals surface area contributed by atoms with Crippen LogP contribution in [0, 0.1) is 0 Å². The Kier molecular flexibility index (Phi) is 3.91. The van der Waals surface area contributed by atoms with E-state index in [0.29, 0.717) is 5.39 Å². The van der Waals surface area contributed by atoms with Crippen LogP contribution in [0.5, 0.6) is 5.88 Å². The normalized spacial score (nSPS) is 9.53. The maximum Gasteiger partial charge on any atom is 0.251 e. The molecule has 1 aromatic heterocycles. The largest absolute Gasteiger partial charge is 0.494 e. The number of halogens is 1. The van der Waals surface area contributed by atoms with Gasteiger partial charge in [-0.25, -0.2) is 0 Å². The van der Waals surface area contributed by atoms with Crippen molar-refractivity contribution in [3.8, 4) is 5.88 Å². The van der Waals surface area contributed by atoms with Gasteiger partial charge in [0.1, 0.15) is 0 Å². The first-order valence-electron chi connectivity index (χ1n) is 4.68. The summed E-state index contributed by atoms with van der Waals surface area (Å²) in [4.78, 5) is 13.3. The lowest BCUT2D eigenvalue weighted by atomic mass is 10.2. The van der Waals surface area contributed by atoms with Gasteiger partial charge in [0.15, 0.2) is 5.88 Å². The lowest BCUT2D eigenvalue weighted by Crippen LogP contribution is -2.02. The van der Waals surface area contributed by atoms with Crippen LogP contribution in [0.1, 0.15) is 13.8 Å². The zero-order valence-corrected chi connectivity index (χ0v) is 10.1. The molecule has 0 aliphatic carbocycles. The fourth-order valence-corrected chi connectivity index (χ4v) is 1.61. The van der Waals surface area contributed by atoms with Crippen LogP contribution in [-0.2, 0) is 0 Å². The maximum absolute atomic E-state index is 11.0. The van der Waals surface area contributed by atoms with Crippen molar-refractivity contribution >= 4 is 26.7 Å². The van der Waals surface area contributed by atoms with Crippen molar-refractivity contribution in [2.45, 2.75) is 13.8 Å². The lowest BCUT2D eigenvalue weighted by molar-refractivity contribution is 0.459. The first-order chi connectivity index (χ1) is 7.16. The smallest absolute Gasteiger partial charge is 0.251 e. The number of aromatic amines is 1. The summed E-state index contributed by atoms with van der Waals surface area (Å²) < 4.78 is 0.880. The number of nitrogens with one attached hydrogen (secondary N) is 1. The number of H-pyrrole nitrogens is 1. The molecule has 0 spiro atoms. The summed E-state index contributed by atoms with van der Waals surface area (Å²) in [6.07, 6.45) is 0. The Morgan fingerprint density at radius 1 is 1.27 bits per heavy atom. The van der Waals surface area contributed by atoms with Gasteiger partial charge in [-0.15, -0.1) is 0 Å². The molecular weight excluding hydrogens is 258 g/mol. The number of hydrogen-bond donors (Lipinski definition) is 2. The zero-order valence-electron chi connectivity index (χ0n) is 8.54. The molecule has 0 fully saturated rings. The number of rotatable bonds is 0. The van der Waals surface area contributed by atoms with E-state index in [0.717, 1.165) is 9.86 Å². The van der Waals surface area contributed by atoms with Crippen LogP contribution >= 0.6 is 15.9 Å². The Morgan fingerprint density at radius 2 is 1.93 bits per heavy atom. The minimum absolute atomic E-state index is 0.0880. The molecule has 80 valence electrons. The van der Waals surface area contributed by atoms with Gasteiger partial charge in [-0.1, -0.05) is 29.8 Å². The molecule has 0 saturated carbocycles. The highest BCUT2D eigenvalue weighted by molar-refractivity contribution is 9.10. The summed E-state index contributed by atoms with van der Waals surface area (Å²) in [5.74, 6) is -0.0880. The average Bonchev–Trinajstić information content (AvgIpc) is 2.19. The quantitative estimate of drug-likeness (QED) is 0.773. The Labute approximate surface area is 95.9 Å². The van der Waals surface area contributed by atoms with E-state index in [1.54, 1.807) is 18.2 Å². The van der Waals surface area contributed by atoms with Crippen molar-refractivity contribution in [3.05, 3.63) is 39.1 Å². The third kappa shape index (κ3) is 2.59. The molecule has 1 aromatic carbocycles. The van der Waals surface area contributed by atoms with Crippen LogP contribution in [-0.4, -0.2) is 10.1 Å². The molecule has 0 unspecified atom stereocenters. The molecule has 1 heterocycles. The van der Waals surface area contributed by atoms with Gasteiger partial charge in [0.05, 0.1) is 0 Å². The molecule has 15 heavy (non-hydrogen) atoms. The van der Waals surface area contributed by atoms with Gasteiger partial charge < -0.3 is 5.11 Å². The molecule has 0 bridgehead atoms. The van der Waals surface area contributed by atoms with Crippen LogP contribution in [0.2, 0.25) is 0 Å². The van der Waals surface area contributed by atoms with Crippen molar-refractivity contribution in [2.24, 2.45) is 0 Å². The molecule has 2 rings (SSSR count). The molecule has 0 aliphatic heterocycles. The number of fused-ring (bicyclic) bond motifs is 1. The average molecular weight is 270 g/mol. The molecule has 2 aromatic rings. The van der Waals surface area contributed by atoms with Crippen molar-refractivity contribution in [2.75, 3.05) is 0 Å². The standard InChI is InChI=1S/C9H6BrNO2.C2H6/c10-6-1-2-7-5(3-6)4-8(12)11-9(7)13;1-2/h1-4H,(H2,11,12,13);1-2H3. The predicted octanol–water partition coefficient (Wildman–Crippen LogP) is 3.02. The molecule has 4 heteroatoms. The zero-order chi connectivity index (χ0) is 11.4. The Morgan fingerprint density at radius 3 is 2.60 bits per heavy atom. The summed E-state index contributed by atoms with van der Waals surface area (Å²) in [5.41, 5.74) is -0.303. The van der Waals surface area contributed by atoms with Crippen molar-refractivity contribution in [1.82, 2.24) is 4.98 Å².